The number of fused-ring (bicyclic) bond motifs is 1. The van der Waals surface area contributed by atoms with Crippen LogP contribution >= 0.6 is 0 Å². The number of hydrogen-bond acceptors (Lipinski definition) is 4. The highest BCUT2D eigenvalue weighted by molar-refractivity contribution is 6.07. The highest BCUT2D eigenvalue weighted by atomic mass is 16.1. The van der Waals surface area contributed by atoms with Crippen LogP contribution in [0.4, 0.5) is 0 Å². The van der Waals surface area contributed by atoms with Crippen molar-refractivity contribution in [2.24, 2.45) is 0 Å². The summed E-state index contributed by atoms with van der Waals surface area (Å²) in [5.74, 6) is -0.125. The number of benzene rings is 1. The van der Waals surface area contributed by atoms with Crippen LogP contribution in [-0.4, -0.2) is 20.9 Å². The Morgan fingerprint density at radius 3 is 2.67 bits per heavy atom. The molecule has 0 fully saturated rings. The largest absolute Gasteiger partial charge is 0.344 e. The number of nitrogens with zero attached hydrogens (tertiary/aromatic N) is 3. The molecule has 0 bridgehead atoms. The summed E-state index contributed by atoms with van der Waals surface area (Å²) in [5, 5.41) is 3.88. The topological polar surface area (TPSA) is 67.8 Å². The van der Waals surface area contributed by atoms with Crippen molar-refractivity contribution in [3.05, 3.63) is 64.9 Å². The second-order valence-corrected chi connectivity index (χ2v) is 6.04. The number of carbonyl (C=O) groups excluding carboxylic acids is 1. The van der Waals surface area contributed by atoms with E-state index in [-0.39, 0.29) is 11.9 Å². The van der Waals surface area contributed by atoms with Crippen LogP contribution in [0.2, 0.25) is 0 Å². The first-order valence-electron chi connectivity index (χ1n) is 7.91. The fourth-order valence-corrected chi connectivity index (χ4v) is 2.75. The van der Waals surface area contributed by atoms with E-state index in [1.54, 1.807) is 12.3 Å². The third-order valence-electron chi connectivity index (χ3n) is 4.27. The van der Waals surface area contributed by atoms with Gasteiger partial charge in [-0.25, -0.2) is 9.97 Å². The van der Waals surface area contributed by atoms with E-state index in [0.717, 1.165) is 27.9 Å². The smallest absolute Gasteiger partial charge is 0.252 e. The standard InChI is InChI=1S/C19H20N4O/c1-11-5-6-15-16(9-12(2)22-18(15)13(11)3)19(24)23-14(4)17-7-8-20-10-21-17/h5-10,14H,1-4H3,(H,23,24)/t14-/m1/s1. The predicted octanol–water partition coefficient (Wildman–Crippen LogP) is 3.44. The predicted molar refractivity (Wildman–Crippen MR) is 93.9 cm³/mol. The van der Waals surface area contributed by atoms with Crippen LogP contribution in [0.25, 0.3) is 10.9 Å². The Morgan fingerprint density at radius 1 is 1.17 bits per heavy atom. The molecule has 24 heavy (non-hydrogen) atoms. The molecule has 0 saturated carbocycles. The highest BCUT2D eigenvalue weighted by Crippen LogP contribution is 2.24. The number of aromatic nitrogens is 3. The number of aryl methyl sites for hydroxylation is 3. The third-order valence-corrected chi connectivity index (χ3v) is 4.27. The molecule has 2 aromatic heterocycles. The second kappa shape index (κ2) is 6.35. The lowest BCUT2D eigenvalue weighted by Gasteiger charge is -2.15. The molecular formula is C19H20N4O. The van der Waals surface area contributed by atoms with Gasteiger partial charge in [-0.15, -0.1) is 0 Å². The molecule has 1 amide bonds. The summed E-state index contributed by atoms with van der Waals surface area (Å²) in [6.07, 6.45) is 3.15. The molecule has 0 radical (unpaired) electrons. The van der Waals surface area contributed by atoms with Gasteiger partial charge in [0.05, 0.1) is 22.8 Å². The van der Waals surface area contributed by atoms with E-state index < -0.39 is 0 Å². The van der Waals surface area contributed by atoms with E-state index in [9.17, 15) is 4.79 Å². The summed E-state index contributed by atoms with van der Waals surface area (Å²) in [4.78, 5) is 25.5. The third kappa shape index (κ3) is 2.97. The maximum Gasteiger partial charge on any atom is 0.252 e. The molecule has 1 N–H and O–H groups in total. The molecule has 0 spiro atoms. The molecule has 0 aliphatic carbocycles. The normalized spacial score (nSPS) is 12.2. The van der Waals surface area contributed by atoms with E-state index in [4.69, 9.17) is 0 Å². The van der Waals surface area contributed by atoms with Gasteiger partial charge in [0.1, 0.15) is 6.33 Å². The minimum atomic E-state index is -0.199. The van der Waals surface area contributed by atoms with Crippen molar-refractivity contribution >= 4 is 16.8 Å². The first-order chi connectivity index (χ1) is 11.5. The van der Waals surface area contributed by atoms with E-state index in [1.807, 2.05) is 39.0 Å². The van der Waals surface area contributed by atoms with Crippen LogP contribution in [0.5, 0.6) is 0 Å². The van der Waals surface area contributed by atoms with Gasteiger partial charge < -0.3 is 5.32 Å². The molecule has 0 aliphatic heterocycles. The maximum atomic E-state index is 12.8. The molecule has 1 aromatic carbocycles. The highest BCUT2D eigenvalue weighted by Gasteiger charge is 2.17. The first kappa shape index (κ1) is 16.1. The Morgan fingerprint density at radius 2 is 1.96 bits per heavy atom. The second-order valence-electron chi connectivity index (χ2n) is 6.04. The lowest BCUT2D eigenvalue weighted by molar-refractivity contribution is 0.0940. The van der Waals surface area contributed by atoms with Crippen molar-refractivity contribution < 1.29 is 4.79 Å². The summed E-state index contributed by atoms with van der Waals surface area (Å²) < 4.78 is 0. The van der Waals surface area contributed by atoms with Crippen LogP contribution in [0.15, 0.2) is 36.8 Å². The van der Waals surface area contributed by atoms with E-state index in [0.29, 0.717) is 5.56 Å². The number of pyridine rings is 1. The monoisotopic (exact) mass is 320 g/mol. The summed E-state index contributed by atoms with van der Waals surface area (Å²) in [7, 11) is 0. The zero-order valence-electron chi connectivity index (χ0n) is 14.3. The van der Waals surface area contributed by atoms with Crippen molar-refractivity contribution in [2.75, 3.05) is 0 Å². The molecule has 3 rings (SSSR count). The van der Waals surface area contributed by atoms with Crippen molar-refractivity contribution in [3.63, 3.8) is 0 Å². The summed E-state index contributed by atoms with van der Waals surface area (Å²) in [6.45, 7) is 7.91. The summed E-state index contributed by atoms with van der Waals surface area (Å²) >= 11 is 0. The van der Waals surface area contributed by atoms with Gasteiger partial charge in [0.2, 0.25) is 0 Å². The molecular weight excluding hydrogens is 300 g/mol. The van der Waals surface area contributed by atoms with Gasteiger partial charge in [0.25, 0.3) is 5.91 Å². The van der Waals surface area contributed by atoms with E-state index >= 15 is 0 Å². The molecule has 2 heterocycles. The van der Waals surface area contributed by atoms with Gasteiger partial charge in [-0.05, 0) is 51.0 Å². The first-order valence-corrected chi connectivity index (χ1v) is 7.91. The van der Waals surface area contributed by atoms with Gasteiger partial charge in [0, 0.05) is 17.3 Å². The van der Waals surface area contributed by atoms with Crippen molar-refractivity contribution in [2.45, 2.75) is 33.7 Å². The lowest BCUT2D eigenvalue weighted by Crippen LogP contribution is -2.27. The van der Waals surface area contributed by atoms with Crippen LogP contribution in [-0.2, 0) is 0 Å². The Hall–Kier alpha value is -2.82. The van der Waals surface area contributed by atoms with Crippen LogP contribution in [0.1, 0.15) is 45.8 Å². The number of nitrogens with one attached hydrogen (secondary N) is 1. The minimum absolute atomic E-state index is 0.125. The van der Waals surface area contributed by atoms with Crippen LogP contribution in [0.3, 0.4) is 0 Å². The minimum Gasteiger partial charge on any atom is -0.344 e. The number of amides is 1. The van der Waals surface area contributed by atoms with Crippen LogP contribution < -0.4 is 5.32 Å². The molecule has 5 nitrogen and oxygen atoms in total. The van der Waals surface area contributed by atoms with Crippen LogP contribution in [0, 0.1) is 20.8 Å². The Kier molecular flexibility index (Phi) is 4.25. The van der Waals surface area contributed by atoms with Crippen molar-refractivity contribution in [3.8, 4) is 0 Å². The number of rotatable bonds is 3. The average molecular weight is 320 g/mol. The van der Waals surface area contributed by atoms with Gasteiger partial charge >= 0.3 is 0 Å². The SMILES string of the molecule is Cc1cc(C(=O)N[C@H](C)c2ccncn2)c2ccc(C)c(C)c2n1. The molecule has 122 valence electrons. The number of hydrogen-bond donors (Lipinski definition) is 1. The van der Waals surface area contributed by atoms with Gasteiger partial charge in [-0.3, -0.25) is 9.78 Å². The Balaban J connectivity index is 2.00. The van der Waals surface area contributed by atoms with E-state index in [2.05, 4.69) is 27.2 Å². The quantitative estimate of drug-likeness (QED) is 0.802. The molecule has 1 atom stereocenters. The zero-order valence-corrected chi connectivity index (χ0v) is 14.3. The van der Waals surface area contributed by atoms with Crippen molar-refractivity contribution in [1.82, 2.24) is 20.3 Å². The average Bonchev–Trinajstić information content (AvgIpc) is 2.58. The van der Waals surface area contributed by atoms with Gasteiger partial charge in [0.15, 0.2) is 0 Å². The zero-order chi connectivity index (χ0) is 17.3. The molecule has 0 saturated heterocycles. The summed E-state index contributed by atoms with van der Waals surface area (Å²) in [5.41, 5.74) is 5.41. The fraction of sp³-hybridized carbons (Fsp3) is 0.263. The Labute approximate surface area is 141 Å². The molecule has 5 heteroatoms. The summed E-state index contributed by atoms with van der Waals surface area (Å²) in [6, 6.07) is 7.43. The molecule has 0 aliphatic rings. The fourth-order valence-electron chi connectivity index (χ4n) is 2.75. The Bertz CT molecular complexity index is 906. The van der Waals surface area contributed by atoms with Gasteiger partial charge in [-0.1, -0.05) is 12.1 Å². The van der Waals surface area contributed by atoms with Crippen molar-refractivity contribution in [1.29, 1.82) is 0 Å². The molecule has 0 unspecified atom stereocenters. The molecule has 3 aromatic rings. The number of carbonyl (C=O) groups is 1. The maximum absolute atomic E-state index is 12.8. The van der Waals surface area contributed by atoms with E-state index in [1.165, 1.54) is 11.9 Å². The lowest BCUT2D eigenvalue weighted by atomic mass is 10.0. The van der Waals surface area contributed by atoms with Gasteiger partial charge in [-0.2, -0.15) is 0 Å².